The highest BCUT2D eigenvalue weighted by Crippen LogP contribution is 2.29. The summed E-state index contributed by atoms with van der Waals surface area (Å²) in [6.45, 7) is -0.561. The lowest BCUT2D eigenvalue weighted by atomic mass is 10.1. The Morgan fingerprint density at radius 1 is 1.21 bits per heavy atom. The molecule has 1 amide bonds. The number of hydrogen-bond acceptors (Lipinski definition) is 5. The molecule has 9 heteroatoms. The van der Waals surface area contributed by atoms with Gasteiger partial charge in [-0.2, -0.15) is 5.10 Å². The number of halogens is 1. The maximum Gasteiger partial charge on any atom is 0.322 e. The van der Waals surface area contributed by atoms with Crippen LogP contribution in [-0.4, -0.2) is 43.2 Å². The molecular weight excluding hydrogens is 336 g/mol. The normalized spacial score (nSPS) is 10.2. The molecule has 3 N–H and O–H groups in total. The average molecular weight is 349 g/mol. The highest BCUT2D eigenvalue weighted by atomic mass is 35.5. The number of nitrogens with one attached hydrogen (secondary N) is 1. The summed E-state index contributed by atoms with van der Waals surface area (Å²) in [5.41, 5.74) is 1.63. The number of nitrogens with zero attached hydrogens (tertiary/aromatic N) is 3. The van der Waals surface area contributed by atoms with Gasteiger partial charge in [0.15, 0.2) is 11.3 Å². The predicted molar refractivity (Wildman–Crippen MR) is 87.3 cm³/mol. The molecule has 3 aromatic rings. The van der Waals surface area contributed by atoms with Crippen LogP contribution < -0.4 is 5.32 Å². The summed E-state index contributed by atoms with van der Waals surface area (Å²) < 4.78 is 1.19. The van der Waals surface area contributed by atoms with Crippen LogP contribution in [0.15, 0.2) is 42.7 Å². The van der Waals surface area contributed by atoms with Crippen molar-refractivity contribution < 1.29 is 19.8 Å². The Kier molecular flexibility index (Phi) is 5.00. The smallest absolute Gasteiger partial charge is 0.322 e. The number of carboxylic acids is 1. The quantitative estimate of drug-likeness (QED) is 0.655. The molecule has 0 aliphatic heterocycles. The molecule has 0 bridgehead atoms. The minimum absolute atomic E-state index is 0. The van der Waals surface area contributed by atoms with Crippen molar-refractivity contribution in [1.29, 1.82) is 0 Å². The van der Waals surface area contributed by atoms with E-state index in [1.54, 1.807) is 0 Å². The van der Waals surface area contributed by atoms with Gasteiger partial charge in [0, 0.05) is 5.56 Å². The Hall–Kier alpha value is -3.13. The number of carbonyl (C=O) groups excluding carboxylic acids is 1. The predicted octanol–water partition coefficient (Wildman–Crippen LogP) is 1.34. The first-order valence-electron chi connectivity index (χ1n) is 6.69. The molecule has 0 aliphatic rings. The Morgan fingerprint density at radius 3 is 2.58 bits per heavy atom. The number of carbonyl (C=O) groups is 2. The number of aromatic hydroxyl groups is 1. The fourth-order valence-corrected chi connectivity index (χ4v) is 2.25. The number of carboxylic acid groups (broad SMARTS) is 1. The van der Waals surface area contributed by atoms with Gasteiger partial charge in [-0.15, -0.1) is 12.4 Å². The molecule has 124 valence electrons. The van der Waals surface area contributed by atoms with E-state index < -0.39 is 18.4 Å². The van der Waals surface area contributed by atoms with Crippen LogP contribution in [0.2, 0.25) is 0 Å². The van der Waals surface area contributed by atoms with E-state index in [1.807, 2.05) is 30.3 Å². The van der Waals surface area contributed by atoms with Crippen molar-refractivity contribution in [2.75, 3.05) is 6.54 Å². The third-order valence-electron chi connectivity index (χ3n) is 3.22. The van der Waals surface area contributed by atoms with Crippen molar-refractivity contribution in [3.63, 3.8) is 0 Å². The summed E-state index contributed by atoms with van der Waals surface area (Å²) in [5, 5.41) is 25.0. The first kappa shape index (κ1) is 17.2. The van der Waals surface area contributed by atoms with Crippen LogP contribution in [0, 0.1) is 0 Å². The Bertz CT molecular complexity index is 895. The molecule has 8 nitrogen and oxygen atoms in total. The van der Waals surface area contributed by atoms with E-state index in [9.17, 15) is 14.7 Å². The third kappa shape index (κ3) is 3.13. The Balaban J connectivity index is 0.00000208. The molecule has 0 saturated heterocycles. The van der Waals surface area contributed by atoms with Crippen LogP contribution in [0.5, 0.6) is 5.75 Å². The topological polar surface area (TPSA) is 117 Å². The zero-order valence-electron chi connectivity index (χ0n) is 12.2. The molecule has 1 aromatic carbocycles. The van der Waals surface area contributed by atoms with E-state index in [0.29, 0.717) is 11.2 Å². The lowest BCUT2D eigenvalue weighted by Crippen LogP contribution is -2.30. The summed E-state index contributed by atoms with van der Waals surface area (Å²) in [6, 6.07) is 10.6. The van der Waals surface area contributed by atoms with E-state index in [2.05, 4.69) is 15.4 Å². The number of amides is 1. The van der Waals surface area contributed by atoms with Gasteiger partial charge in [0.1, 0.15) is 18.6 Å². The zero-order valence-corrected chi connectivity index (χ0v) is 13.0. The van der Waals surface area contributed by atoms with Crippen LogP contribution in [0.3, 0.4) is 0 Å². The SMILES string of the molecule is Cl.O=C(O)CNC(=O)c1c(O)cc(-c2ccccc2)c2ncnn12. The molecule has 0 unspecified atom stereocenters. The lowest BCUT2D eigenvalue weighted by Gasteiger charge is -2.10. The third-order valence-corrected chi connectivity index (χ3v) is 3.22. The Labute approximate surface area is 142 Å². The van der Waals surface area contributed by atoms with Crippen LogP contribution >= 0.6 is 12.4 Å². The molecule has 2 aromatic heterocycles. The van der Waals surface area contributed by atoms with Gasteiger partial charge in [0.05, 0.1) is 0 Å². The summed E-state index contributed by atoms with van der Waals surface area (Å²) in [4.78, 5) is 26.8. The average Bonchev–Trinajstić information content (AvgIpc) is 3.01. The summed E-state index contributed by atoms with van der Waals surface area (Å²) in [7, 11) is 0. The van der Waals surface area contributed by atoms with Crippen molar-refractivity contribution in [3.8, 4) is 16.9 Å². The molecule has 2 heterocycles. The van der Waals surface area contributed by atoms with Crippen LogP contribution in [0.4, 0.5) is 0 Å². The first-order valence-corrected chi connectivity index (χ1v) is 6.69. The monoisotopic (exact) mass is 348 g/mol. The molecular formula is C15H13ClN4O4. The van der Waals surface area contributed by atoms with Gasteiger partial charge >= 0.3 is 5.97 Å². The number of rotatable bonds is 4. The maximum atomic E-state index is 12.1. The van der Waals surface area contributed by atoms with Gasteiger partial charge in [0.2, 0.25) is 0 Å². The van der Waals surface area contributed by atoms with Crippen LogP contribution in [0.25, 0.3) is 16.8 Å². The number of benzene rings is 1. The van der Waals surface area contributed by atoms with Crippen molar-refractivity contribution in [2.24, 2.45) is 0 Å². The van der Waals surface area contributed by atoms with Crippen molar-refractivity contribution in [3.05, 3.63) is 48.4 Å². The van der Waals surface area contributed by atoms with Gasteiger partial charge in [-0.05, 0) is 11.6 Å². The van der Waals surface area contributed by atoms with Gasteiger partial charge < -0.3 is 15.5 Å². The maximum absolute atomic E-state index is 12.1. The number of aliphatic carboxylic acids is 1. The number of hydrogen-bond donors (Lipinski definition) is 3. The molecule has 0 radical (unpaired) electrons. The van der Waals surface area contributed by atoms with Crippen molar-refractivity contribution >= 4 is 29.9 Å². The van der Waals surface area contributed by atoms with E-state index in [0.717, 1.165) is 5.56 Å². The van der Waals surface area contributed by atoms with Crippen molar-refractivity contribution in [1.82, 2.24) is 19.9 Å². The fraction of sp³-hybridized carbons (Fsp3) is 0.0667. The standard InChI is InChI=1S/C15H12N4O4.ClH/c20-11-6-10(9-4-2-1-3-5-9)14-17-8-18-19(14)13(11)15(23)16-7-12(21)22;/h1-6,8,20H,7H2,(H,16,23)(H,21,22);1H. The van der Waals surface area contributed by atoms with Gasteiger partial charge in [-0.3, -0.25) is 9.59 Å². The summed E-state index contributed by atoms with van der Waals surface area (Å²) >= 11 is 0. The van der Waals surface area contributed by atoms with Crippen LogP contribution in [0.1, 0.15) is 10.5 Å². The van der Waals surface area contributed by atoms with Gasteiger partial charge in [0.25, 0.3) is 5.91 Å². The minimum Gasteiger partial charge on any atom is -0.505 e. The van der Waals surface area contributed by atoms with E-state index in [4.69, 9.17) is 5.11 Å². The van der Waals surface area contributed by atoms with Crippen molar-refractivity contribution in [2.45, 2.75) is 0 Å². The highest BCUT2D eigenvalue weighted by Gasteiger charge is 2.20. The van der Waals surface area contributed by atoms with E-state index in [1.165, 1.54) is 16.9 Å². The molecule has 0 saturated carbocycles. The largest absolute Gasteiger partial charge is 0.505 e. The fourth-order valence-electron chi connectivity index (χ4n) is 2.25. The second-order valence-electron chi connectivity index (χ2n) is 4.73. The molecule has 0 spiro atoms. The molecule has 0 aliphatic carbocycles. The number of aromatic nitrogens is 3. The summed E-state index contributed by atoms with van der Waals surface area (Å²) in [6.07, 6.45) is 1.26. The van der Waals surface area contributed by atoms with Gasteiger partial charge in [-0.1, -0.05) is 30.3 Å². The van der Waals surface area contributed by atoms with Crippen LogP contribution in [-0.2, 0) is 4.79 Å². The molecule has 0 fully saturated rings. The van der Waals surface area contributed by atoms with E-state index >= 15 is 0 Å². The lowest BCUT2D eigenvalue weighted by molar-refractivity contribution is -0.135. The molecule has 0 atom stereocenters. The van der Waals surface area contributed by atoms with Gasteiger partial charge in [-0.25, -0.2) is 9.50 Å². The molecule has 3 rings (SSSR count). The zero-order chi connectivity index (χ0) is 16.4. The summed E-state index contributed by atoms with van der Waals surface area (Å²) in [5.74, 6) is -2.25. The first-order chi connectivity index (χ1) is 11.1. The molecule has 24 heavy (non-hydrogen) atoms. The second-order valence-corrected chi connectivity index (χ2v) is 4.73. The minimum atomic E-state index is -1.19. The Morgan fingerprint density at radius 2 is 1.92 bits per heavy atom. The number of fused-ring (bicyclic) bond motifs is 1. The second kappa shape index (κ2) is 6.97. The van der Waals surface area contributed by atoms with E-state index in [-0.39, 0.29) is 23.9 Å². The highest BCUT2D eigenvalue weighted by molar-refractivity contribution is 5.98. The number of pyridine rings is 1.